The number of nitrogens with zero attached hydrogens (tertiary/aromatic N) is 2. The number of benzene rings is 1. The van der Waals surface area contributed by atoms with Gasteiger partial charge in [-0.15, -0.1) is 0 Å². The van der Waals surface area contributed by atoms with Crippen molar-refractivity contribution < 1.29 is 0 Å². The van der Waals surface area contributed by atoms with Crippen molar-refractivity contribution in [2.24, 2.45) is 0 Å². The average molecular weight is 268 g/mol. The van der Waals surface area contributed by atoms with Crippen LogP contribution >= 0.6 is 0 Å². The Morgan fingerprint density at radius 3 is 2.50 bits per heavy atom. The molecule has 2 heteroatoms. The minimum atomic E-state index is 0.259. The van der Waals surface area contributed by atoms with Crippen molar-refractivity contribution in [3.05, 3.63) is 53.3 Å². The summed E-state index contributed by atoms with van der Waals surface area (Å²) in [5, 5.41) is 4.36. The quantitative estimate of drug-likeness (QED) is 0.795. The van der Waals surface area contributed by atoms with E-state index in [-0.39, 0.29) is 10.8 Å². The van der Waals surface area contributed by atoms with Crippen LogP contribution in [0.1, 0.15) is 57.2 Å². The van der Waals surface area contributed by atoms with Crippen LogP contribution in [0.5, 0.6) is 0 Å². The minimum Gasteiger partial charge on any atom is -0.268 e. The molecule has 1 aromatic carbocycles. The molecule has 1 heterocycles. The van der Waals surface area contributed by atoms with Crippen LogP contribution in [0.4, 0.5) is 0 Å². The maximum absolute atomic E-state index is 4.36. The summed E-state index contributed by atoms with van der Waals surface area (Å²) in [6, 6.07) is 8.79. The van der Waals surface area contributed by atoms with Crippen LogP contribution in [0.3, 0.4) is 0 Å². The second-order valence-corrected chi connectivity index (χ2v) is 7.31. The highest BCUT2D eigenvalue weighted by Crippen LogP contribution is 2.47. The van der Waals surface area contributed by atoms with Gasteiger partial charge < -0.3 is 0 Å². The molecule has 2 aromatic rings. The second kappa shape index (κ2) is 4.47. The van der Waals surface area contributed by atoms with Crippen molar-refractivity contribution >= 4 is 0 Å². The summed E-state index contributed by atoms with van der Waals surface area (Å²) < 4.78 is 2.02. The molecule has 2 nitrogen and oxygen atoms in total. The van der Waals surface area contributed by atoms with E-state index in [9.17, 15) is 0 Å². The van der Waals surface area contributed by atoms with E-state index in [1.165, 1.54) is 24.0 Å². The Balaban J connectivity index is 2.13. The van der Waals surface area contributed by atoms with Gasteiger partial charge in [0.15, 0.2) is 0 Å². The highest BCUT2D eigenvalue weighted by atomic mass is 15.3. The first kappa shape index (κ1) is 13.4. The third-order valence-electron chi connectivity index (χ3n) is 4.82. The summed E-state index contributed by atoms with van der Waals surface area (Å²) in [5.74, 6) is 0. The summed E-state index contributed by atoms with van der Waals surface area (Å²) in [4.78, 5) is 0. The predicted octanol–water partition coefficient (Wildman–Crippen LogP) is 4.28. The Morgan fingerprint density at radius 1 is 1.05 bits per heavy atom. The van der Waals surface area contributed by atoms with Crippen LogP contribution in [0.25, 0.3) is 0 Å². The van der Waals surface area contributed by atoms with Gasteiger partial charge in [0, 0.05) is 12.4 Å². The van der Waals surface area contributed by atoms with Gasteiger partial charge in [-0.25, -0.2) is 0 Å². The molecule has 20 heavy (non-hydrogen) atoms. The van der Waals surface area contributed by atoms with Crippen LogP contribution in [-0.4, -0.2) is 9.78 Å². The maximum Gasteiger partial charge on any atom is 0.0662 e. The van der Waals surface area contributed by atoms with Crippen molar-refractivity contribution in [1.82, 2.24) is 9.78 Å². The molecule has 3 rings (SSSR count). The van der Waals surface area contributed by atoms with Crippen LogP contribution in [0.2, 0.25) is 0 Å². The largest absolute Gasteiger partial charge is 0.268 e. The fourth-order valence-corrected chi connectivity index (χ4v) is 3.55. The zero-order valence-electron chi connectivity index (χ0n) is 13.0. The van der Waals surface area contributed by atoms with Crippen molar-refractivity contribution in [3.8, 4) is 0 Å². The molecule has 1 aromatic heterocycles. The standard InChI is InChI=1S/C18H24N2/c1-17(2)9-10-18(3,4)16-14(7-5-8-15(16)17)13-20-12-6-11-19-20/h5-8,11-12H,9-10,13H2,1-4H3. The highest BCUT2D eigenvalue weighted by Gasteiger charge is 2.38. The molecule has 106 valence electrons. The number of hydrogen-bond donors (Lipinski definition) is 0. The fraction of sp³-hybridized carbons (Fsp3) is 0.500. The molecule has 0 N–H and O–H groups in total. The summed E-state index contributed by atoms with van der Waals surface area (Å²) in [6.45, 7) is 10.4. The molecular formula is C18H24N2. The van der Waals surface area contributed by atoms with E-state index in [4.69, 9.17) is 0 Å². The van der Waals surface area contributed by atoms with Gasteiger partial charge in [-0.3, -0.25) is 4.68 Å². The van der Waals surface area contributed by atoms with Gasteiger partial charge in [0.2, 0.25) is 0 Å². The summed E-state index contributed by atoms with van der Waals surface area (Å²) in [6.07, 6.45) is 6.41. The molecule has 0 saturated carbocycles. The second-order valence-electron chi connectivity index (χ2n) is 7.31. The number of aromatic nitrogens is 2. The molecule has 0 atom stereocenters. The first-order valence-electron chi connectivity index (χ1n) is 7.50. The molecular weight excluding hydrogens is 244 g/mol. The predicted molar refractivity (Wildman–Crippen MR) is 83.1 cm³/mol. The zero-order valence-corrected chi connectivity index (χ0v) is 13.0. The monoisotopic (exact) mass is 268 g/mol. The molecule has 1 aliphatic carbocycles. The Labute approximate surface area is 121 Å². The lowest BCUT2D eigenvalue weighted by molar-refractivity contribution is 0.329. The molecule has 0 radical (unpaired) electrons. The SMILES string of the molecule is CC1(C)CCC(C)(C)c2c(Cn3cccn3)cccc21. The highest BCUT2D eigenvalue weighted by molar-refractivity contribution is 5.46. The van der Waals surface area contributed by atoms with E-state index < -0.39 is 0 Å². The van der Waals surface area contributed by atoms with Gasteiger partial charge in [0.05, 0.1) is 6.54 Å². The van der Waals surface area contributed by atoms with E-state index in [1.54, 1.807) is 5.56 Å². The van der Waals surface area contributed by atoms with E-state index in [0.717, 1.165) is 6.54 Å². The zero-order chi connectivity index (χ0) is 14.4. The van der Waals surface area contributed by atoms with Gasteiger partial charge in [0.1, 0.15) is 0 Å². The summed E-state index contributed by atoms with van der Waals surface area (Å²) >= 11 is 0. The van der Waals surface area contributed by atoms with Crippen LogP contribution < -0.4 is 0 Å². The van der Waals surface area contributed by atoms with E-state index in [2.05, 4.69) is 51.0 Å². The lowest BCUT2D eigenvalue weighted by atomic mass is 9.62. The Morgan fingerprint density at radius 2 is 1.80 bits per heavy atom. The first-order valence-corrected chi connectivity index (χ1v) is 7.50. The smallest absolute Gasteiger partial charge is 0.0662 e. The average Bonchev–Trinajstić information content (AvgIpc) is 2.88. The number of fused-ring (bicyclic) bond motifs is 1. The molecule has 0 bridgehead atoms. The van der Waals surface area contributed by atoms with Crippen molar-refractivity contribution in [1.29, 1.82) is 0 Å². The first-order chi connectivity index (χ1) is 9.40. The lowest BCUT2D eigenvalue weighted by Crippen LogP contribution is -2.35. The molecule has 0 fully saturated rings. The number of hydrogen-bond acceptors (Lipinski definition) is 1. The Hall–Kier alpha value is -1.57. The third-order valence-corrected chi connectivity index (χ3v) is 4.82. The molecule has 0 spiro atoms. The van der Waals surface area contributed by atoms with Crippen molar-refractivity contribution in [2.45, 2.75) is 57.9 Å². The minimum absolute atomic E-state index is 0.259. The van der Waals surface area contributed by atoms with Gasteiger partial charge in [0.25, 0.3) is 0 Å². The van der Waals surface area contributed by atoms with Crippen molar-refractivity contribution in [3.63, 3.8) is 0 Å². The van der Waals surface area contributed by atoms with Gasteiger partial charge in [-0.05, 0) is 46.4 Å². The lowest BCUT2D eigenvalue weighted by Gasteiger charge is -2.43. The van der Waals surface area contributed by atoms with Gasteiger partial charge in [-0.1, -0.05) is 45.9 Å². The van der Waals surface area contributed by atoms with Crippen LogP contribution in [-0.2, 0) is 17.4 Å². The fourth-order valence-electron chi connectivity index (χ4n) is 3.55. The van der Waals surface area contributed by atoms with E-state index in [1.807, 2.05) is 23.1 Å². The van der Waals surface area contributed by atoms with Gasteiger partial charge >= 0.3 is 0 Å². The van der Waals surface area contributed by atoms with Crippen LogP contribution in [0.15, 0.2) is 36.7 Å². The molecule has 0 unspecified atom stereocenters. The van der Waals surface area contributed by atoms with Crippen LogP contribution in [0, 0.1) is 0 Å². The van der Waals surface area contributed by atoms with E-state index >= 15 is 0 Å². The van der Waals surface area contributed by atoms with Gasteiger partial charge in [-0.2, -0.15) is 5.10 Å². The maximum atomic E-state index is 4.36. The van der Waals surface area contributed by atoms with E-state index in [0.29, 0.717) is 0 Å². The summed E-state index contributed by atoms with van der Waals surface area (Å²) in [7, 11) is 0. The Kier molecular flexibility index (Phi) is 3.00. The summed E-state index contributed by atoms with van der Waals surface area (Å²) in [5.41, 5.74) is 5.04. The molecule has 0 amide bonds. The Bertz CT molecular complexity index is 606. The molecule has 0 aliphatic heterocycles. The topological polar surface area (TPSA) is 17.8 Å². The number of rotatable bonds is 2. The van der Waals surface area contributed by atoms with Crippen molar-refractivity contribution in [2.75, 3.05) is 0 Å². The normalized spacial score (nSPS) is 19.6. The molecule has 0 saturated heterocycles. The third kappa shape index (κ3) is 2.17. The molecule has 1 aliphatic rings.